The maximum Gasteiger partial charge on any atom is 0.410 e. The van der Waals surface area contributed by atoms with E-state index in [-0.39, 0.29) is 25.4 Å². The van der Waals surface area contributed by atoms with Crippen LogP contribution in [0.3, 0.4) is 0 Å². The Kier molecular flexibility index (Phi) is 7.01. The average Bonchev–Trinajstić information content (AvgIpc) is 2.84. The highest BCUT2D eigenvalue weighted by atomic mass is 19.1. The molecule has 0 unspecified atom stereocenters. The van der Waals surface area contributed by atoms with E-state index in [4.69, 9.17) is 14.6 Å². The monoisotopic (exact) mass is 465 g/mol. The smallest absolute Gasteiger partial charge is 0.410 e. The molecular formula is C25H24FN3O5. The predicted octanol–water partition coefficient (Wildman–Crippen LogP) is 4.00. The minimum atomic E-state index is -0.940. The fraction of sp³-hybridized carbons (Fsp3) is 0.280. The summed E-state index contributed by atoms with van der Waals surface area (Å²) in [6.07, 6.45) is 4.27. The Balaban J connectivity index is 1.62. The van der Waals surface area contributed by atoms with E-state index in [9.17, 15) is 14.0 Å². The first-order valence-corrected chi connectivity index (χ1v) is 10.9. The minimum Gasteiger partial charge on any atom is -0.493 e. The summed E-state index contributed by atoms with van der Waals surface area (Å²) in [6, 6.07) is 8.27. The van der Waals surface area contributed by atoms with Gasteiger partial charge in [0, 0.05) is 31.0 Å². The number of benzene rings is 2. The third-order valence-corrected chi connectivity index (χ3v) is 5.56. The molecule has 1 N–H and O–H groups in total. The second-order valence-corrected chi connectivity index (χ2v) is 7.81. The molecule has 1 amide bonds. The van der Waals surface area contributed by atoms with Gasteiger partial charge in [0.15, 0.2) is 0 Å². The summed E-state index contributed by atoms with van der Waals surface area (Å²) in [5.74, 6) is -0.755. The van der Waals surface area contributed by atoms with E-state index in [1.54, 1.807) is 24.3 Å². The van der Waals surface area contributed by atoms with Crippen LogP contribution in [-0.4, -0.2) is 45.2 Å². The fourth-order valence-electron chi connectivity index (χ4n) is 4.02. The van der Waals surface area contributed by atoms with Crippen molar-refractivity contribution < 1.29 is 28.6 Å². The van der Waals surface area contributed by atoms with Gasteiger partial charge in [0.25, 0.3) is 0 Å². The number of hydrogen-bond acceptors (Lipinski definition) is 6. The largest absolute Gasteiger partial charge is 0.493 e. The molecule has 0 radical (unpaired) electrons. The van der Waals surface area contributed by atoms with Gasteiger partial charge in [0.1, 0.15) is 18.2 Å². The quantitative estimate of drug-likeness (QED) is 0.563. The average molecular weight is 465 g/mol. The highest BCUT2D eigenvalue weighted by Gasteiger charge is 2.27. The first-order valence-electron chi connectivity index (χ1n) is 10.9. The lowest BCUT2D eigenvalue weighted by Crippen LogP contribution is -2.37. The van der Waals surface area contributed by atoms with Gasteiger partial charge >= 0.3 is 12.1 Å². The molecule has 0 saturated heterocycles. The topological polar surface area (TPSA) is 102 Å². The van der Waals surface area contributed by atoms with Crippen molar-refractivity contribution in [2.45, 2.75) is 32.9 Å². The van der Waals surface area contributed by atoms with E-state index in [0.29, 0.717) is 53.3 Å². The number of rotatable bonds is 7. The van der Waals surface area contributed by atoms with Crippen LogP contribution in [0.25, 0.3) is 11.1 Å². The van der Waals surface area contributed by atoms with Crippen molar-refractivity contribution in [3.63, 3.8) is 0 Å². The Morgan fingerprint density at radius 2 is 1.97 bits per heavy atom. The first-order chi connectivity index (χ1) is 16.5. The Labute approximate surface area is 196 Å². The van der Waals surface area contributed by atoms with Crippen LogP contribution in [0.4, 0.5) is 9.18 Å². The standard InChI is InChI=1S/C25H24FN3O5/c1-2-33-23-11-16(12-24(30)31)3-4-20(23)18-5-6-22(26)19-7-10-29(14-21(18)19)25(32)34-15-17-13-27-8-9-28-17/h3-6,8-9,11,13H,2,7,10,12,14-15H2,1H3,(H,30,31). The highest BCUT2D eigenvalue weighted by molar-refractivity contribution is 5.78. The van der Waals surface area contributed by atoms with E-state index in [0.717, 1.165) is 5.56 Å². The molecule has 34 heavy (non-hydrogen) atoms. The molecule has 0 spiro atoms. The number of amides is 1. The van der Waals surface area contributed by atoms with Crippen LogP contribution in [0, 0.1) is 5.82 Å². The highest BCUT2D eigenvalue weighted by Crippen LogP contribution is 2.38. The van der Waals surface area contributed by atoms with E-state index < -0.39 is 12.1 Å². The summed E-state index contributed by atoms with van der Waals surface area (Å²) in [6.45, 7) is 2.70. The number of aliphatic carboxylic acids is 1. The first kappa shape index (κ1) is 23.2. The number of hydrogen-bond donors (Lipinski definition) is 1. The zero-order chi connectivity index (χ0) is 24.1. The van der Waals surface area contributed by atoms with Gasteiger partial charge in [-0.15, -0.1) is 0 Å². The Bertz CT molecular complexity index is 1200. The van der Waals surface area contributed by atoms with Crippen molar-refractivity contribution >= 4 is 12.1 Å². The molecule has 0 atom stereocenters. The van der Waals surface area contributed by atoms with E-state index in [1.165, 1.54) is 29.6 Å². The Morgan fingerprint density at radius 3 is 2.71 bits per heavy atom. The van der Waals surface area contributed by atoms with E-state index >= 15 is 0 Å². The van der Waals surface area contributed by atoms with Crippen LogP contribution >= 0.6 is 0 Å². The van der Waals surface area contributed by atoms with Gasteiger partial charge in [-0.3, -0.25) is 14.8 Å². The molecule has 0 fully saturated rings. The molecule has 4 rings (SSSR count). The zero-order valence-electron chi connectivity index (χ0n) is 18.7. The van der Waals surface area contributed by atoms with Crippen molar-refractivity contribution in [2.75, 3.05) is 13.2 Å². The number of carboxylic acids is 1. The number of nitrogens with zero attached hydrogens (tertiary/aromatic N) is 3. The van der Waals surface area contributed by atoms with E-state index in [1.807, 2.05) is 6.92 Å². The number of carbonyl (C=O) groups excluding carboxylic acids is 1. The van der Waals surface area contributed by atoms with Crippen LogP contribution in [0.15, 0.2) is 48.9 Å². The number of carboxylic acid groups (broad SMARTS) is 1. The summed E-state index contributed by atoms with van der Waals surface area (Å²) in [7, 11) is 0. The number of ether oxygens (including phenoxy) is 2. The van der Waals surface area contributed by atoms with Crippen molar-refractivity contribution in [1.29, 1.82) is 0 Å². The molecule has 2 heterocycles. The molecule has 1 aliphatic rings. The number of fused-ring (bicyclic) bond motifs is 1. The molecule has 0 saturated carbocycles. The fourth-order valence-corrected chi connectivity index (χ4v) is 4.02. The molecule has 176 valence electrons. The summed E-state index contributed by atoms with van der Waals surface area (Å²) in [4.78, 5) is 33.4. The SMILES string of the molecule is CCOc1cc(CC(=O)O)ccc1-c1ccc(F)c2c1CN(C(=O)OCc1cnccn1)CC2. The van der Waals surface area contributed by atoms with Crippen molar-refractivity contribution in [3.05, 3.63) is 77.1 Å². The Morgan fingerprint density at radius 1 is 1.15 bits per heavy atom. The van der Waals surface area contributed by atoms with Crippen LogP contribution in [0.2, 0.25) is 0 Å². The molecule has 0 bridgehead atoms. The normalized spacial score (nSPS) is 12.7. The lowest BCUT2D eigenvalue weighted by molar-refractivity contribution is -0.136. The van der Waals surface area contributed by atoms with Crippen LogP contribution in [0.5, 0.6) is 5.75 Å². The number of halogens is 1. The van der Waals surface area contributed by atoms with Crippen LogP contribution in [-0.2, 0) is 35.5 Å². The summed E-state index contributed by atoms with van der Waals surface area (Å²) >= 11 is 0. The molecule has 2 aromatic carbocycles. The van der Waals surface area contributed by atoms with E-state index in [2.05, 4.69) is 9.97 Å². The van der Waals surface area contributed by atoms with Crippen LogP contribution in [0.1, 0.15) is 29.3 Å². The van der Waals surface area contributed by atoms with Crippen molar-refractivity contribution in [1.82, 2.24) is 14.9 Å². The molecule has 1 aliphatic heterocycles. The summed E-state index contributed by atoms with van der Waals surface area (Å²) in [5, 5.41) is 9.12. The van der Waals surface area contributed by atoms with Gasteiger partial charge < -0.3 is 19.5 Å². The molecule has 8 nitrogen and oxygen atoms in total. The second kappa shape index (κ2) is 10.3. The molecular weight excluding hydrogens is 441 g/mol. The summed E-state index contributed by atoms with van der Waals surface area (Å²) < 4.78 is 25.9. The zero-order valence-corrected chi connectivity index (χ0v) is 18.7. The third kappa shape index (κ3) is 5.14. The molecule has 9 heteroatoms. The molecule has 3 aromatic rings. The third-order valence-electron chi connectivity index (χ3n) is 5.56. The maximum atomic E-state index is 14.7. The second-order valence-electron chi connectivity index (χ2n) is 7.81. The maximum absolute atomic E-state index is 14.7. The lowest BCUT2D eigenvalue weighted by Gasteiger charge is -2.30. The van der Waals surface area contributed by atoms with Gasteiger partial charge in [-0.1, -0.05) is 18.2 Å². The van der Waals surface area contributed by atoms with Crippen LogP contribution < -0.4 is 4.74 Å². The van der Waals surface area contributed by atoms with Gasteiger partial charge in [-0.25, -0.2) is 9.18 Å². The number of carbonyl (C=O) groups is 2. The number of aromatic nitrogens is 2. The lowest BCUT2D eigenvalue weighted by atomic mass is 9.90. The van der Waals surface area contributed by atoms with Gasteiger partial charge in [0.2, 0.25) is 0 Å². The Hall–Kier alpha value is -4.01. The summed E-state index contributed by atoms with van der Waals surface area (Å²) in [5.41, 5.74) is 3.80. The molecule has 1 aromatic heterocycles. The van der Waals surface area contributed by atoms with Crippen molar-refractivity contribution in [3.8, 4) is 16.9 Å². The van der Waals surface area contributed by atoms with Gasteiger partial charge in [0.05, 0.1) is 24.9 Å². The molecule has 0 aliphatic carbocycles. The van der Waals surface area contributed by atoms with Crippen molar-refractivity contribution in [2.24, 2.45) is 0 Å². The van der Waals surface area contributed by atoms with Gasteiger partial charge in [-0.2, -0.15) is 0 Å². The predicted molar refractivity (Wildman–Crippen MR) is 121 cm³/mol. The minimum absolute atomic E-state index is 0.00837. The van der Waals surface area contributed by atoms with Gasteiger partial charge in [-0.05, 0) is 47.7 Å².